The summed E-state index contributed by atoms with van der Waals surface area (Å²) in [6.45, 7) is 1.63. The van der Waals surface area contributed by atoms with E-state index in [0.717, 1.165) is 17.7 Å². The van der Waals surface area contributed by atoms with E-state index in [4.69, 9.17) is 0 Å². The molecule has 3 rings (SSSR count). The molecule has 0 spiro atoms. The van der Waals surface area contributed by atoms with Crippen molar-refractivity contribution < 1.29 is 22.8 Å². The van der Waals surface area contributed by atoms with Crippen molar-refractivity contribution in [1.82, 2.24) is 0 Å². The lowest BCUT2D eigenvalue weighted by Gasteiger charge is -2.21. The summed E-state index contributed by atoms with van der Waals surface area (Å²) in [4.78, 5) is 23.3. The molecule has 2 nitrogen and oxygen atoms in total. The molecule has 2 aromatic rings. The molecule has 0 heterocycles. The molecule has 0 amide bonds. The predicted molar refractivity (Wildman–Crippen MR) is 88.2 cm³/mol. The highest BCUT2D eigenvalue weighted by Crippen LogP contribution is 2.35. The maximum atomic E-state index is 13.0. The van der Waals surface area contributed by atoms with Crippen LogP contribution in [0.2, 0.25) is 0 Å². The minimum Gasteiger partial charge on any atom is -0.299 e. The number of hydrogen-bond acceptors (Lipinski definition) is 2. The molecule has 0 N–H and O–H groups in total. The van der Waals surface area contributed by atoms with E-state index in [0.29, 0.717) is 29.5 Å². The highest BCUT2D eigenvalue weighted by molar-refractivity contribution is 6.02. The van der Waals surface area contributed by atoms with Crippen LogP contribution in [0.15, 0.2) is 42.5 Å². The molecule has 0 unspecified atom stereocenters. The van der Waals surface area contributed by atoms with Gasteiger partial charge in [0.05, 0.1) is 12.0 Å². The summed E-state index contributed by atoms with van der Waals surface area (Å²) in [6, 6.07) is 11.0. The highest BCUT2D eigenvalue weighted by Gasteiger charge is 2.31. The summed E-state index contributed by atoms with van der Waals surface area (Å²) in [7, 11) is 0. The number of Topliss-reactive ketones (excluding diaryl/α,β-unsaturated/α-hetero) is 2. The average molecular weight is 346 g/mol. The van der Waals surface area contributed by atoms with Gasteiger partial charge in [-0.25, -0.2) is 0 Å². The molecule has 1 fully saturated rings. The van der Waals surface area contributed by atoms with E-state index in [1.165, 1.54) is 0 Å². The van der Waals surface area contributed by atoms with Crippen LogP contribution in [-0.4, -0.2) is 11.6 Å². The predicted octanol–water partition coefficient (Wildman–Crippen LogP) is 5.09. The third-order valence-electron chi connectivity index (χ3n) is 4.44. The first-order valence-electron chi connectivity index (χ1n) is 8.05. The SMILES string of the molecule is Cc1cc(-c2cccc(C3CC(=O)CC(=O)C3)c2)cc(C(F)(F)F)c1. The Morgan fingerprint density at radius 3 is 2.24 bits per heavy atom. The third kappa shape index (κ3) is 3.98. The monoisotopic (exact) mass is 346 g/mol. The van der Waals surface area contributed by atoms with Crippen LogP contribution in [0.3, 0.4) is 0 Å². The van der Waals surface area contributed by atoms with Gasteiger partial charge >= 0.3 is 6.18 Å². The zero-order valence-corrected chi connectivity index (χ0v) is 13.7. The Balaban J connectivity index is 1.98. The van der Waals surface area contributed by atoms with E-state index in [1.807, 2.05) is 6.07 Å². The van der Waals surface area contributed by atoms with Crippen molar-refractivity contribution in [1.29, 1.82) is 0 Å². The maximum absolute atomic E-state index is 13.0. The van der Waals surface area contributed by atoms with Crippen LogP contribution in [0.1, 0.15) is 41.9 Å². The number of halogens is 3. The van der Waals surface area contributed by atoms with Crippen LogP contribution in [0, 0.1) is 6.92 Å². The Morgan fingerprint density at radius 2 is 1.60 bits per heavy atom. The number of alkyl halides is 3. The Kier molecular flexibility index (Phi) is 4.50. The van der Waals surface area contributed by atoms with E-state index in [2.05, 4.69) is 0 Å². The van der Waals surface area contributed by atoms with Gasteiger partial charge in [0.15, 0.2) is 0 Å². The first-order chi connectivity index (χ1) is 11.7. The standard InChI is InChI=1S/C20H17F3O2/c1-12-5-15(8-17(6-12)20(21,22)23)13-3-2-4-14(7-13)16-9-18(24)11-19(25)10-16/h2-8,16H,9-11H2,1H3. The number of aryl methyl sites for hydroxylation is 1. The molecule has 0 saturated heterocycles. The van der Waals surface area contributed by atoms with Crippen molar-refractivity contribution in [3.05, 3.63) is 59.2 Å². The smallest absolute Gasteiger partial charge is 0.299 e. The number of carbonyl (C=O) groups is 2. The fraction of sp³-hybridized carbons (Fsp3) is 0.300. The molecule has 25 heavy (non-hydrogen) atoms. The zero-order valence-electron chi connectivity index (χ0n) is 13.7. The first kappa shape index (κ1) is 17.4. The van der Waals surface area contributed by atoms with Crippen LogP contribution < -0.4 is 0 Å². The molecule has 0 atom stereocenters. The van der Waals surface area contributed by atoms with E-state index in [1.54, 1.807) is 31.2 Å². The molecule has 130 valence electrons. The summed E-state index contributed by atoms with van der Waals surface area (Å²) in [6.07, 6.45) is -3.81. The van der Waals surface area contributed by atoms with Crippen molar-refractivity contribution in [2.45, 2.75) is 38.3 Å². The third-order valence-corrected chi connectivity index (χ3v) is 4.44. The van der Waals surface area contributed by atoms with Crippen molar-refractivity contribution in [2.75, 3.05) is 0 Å². The topological polar surface area (TPSA) is 34.1 Å². The van der Waals surface area contributed by atoms with E-state index < -0.39 is 11.7 Å². The number of ketones is 2. The Morgan fingerprint density at radius 1 is 0.920 bits per heavy atom. The fourth-order valence-corrected chi connectivity index (χ4v) is 3.31. The molecular weight excluding hydrogens is 329 g/mol. The van der Waals surface area contributed by atoms with Gasteiger partial charge < -0.3 is 0 Å². The van der Waals surface area contributed by atoms with E-state index in [-0.39, 0.29) is 23.9 Å². The van der Waals surface area contributed by atoms with Gasteiger partial charge in [-0.15, -0.1) is 0 Å². The summed E-state index contributed by atoms with van der Waals surface area (Å²) < 4.78 is 39.1. The van der Waals surface area contributed by atoms with Crippen molar-refractivity contribution in [3.8, 4) is 11.1 Å². The van der Waals surface area contributed by atoms with Gasteiger partial charge in [0, 0.05) is 12.8 Å². The lowest BCUT2D eigenvalue weighted by molar-refractivity contribution is -0.137. The van der Waals surface area contributed by atoms with Gasteiger partial charge in [0.2, 0.25) is 0 Å². The minimum atomic E-state index is -4.40. The fourth-order valence-electron chi connectivity index (χ4n) is 3.31. The number of hydrogen-bond donors (Lipinski definition) is 0. The van der Waals surface area contributed by atoms with Crippen LogP contribution in [0.25, 0.3) is 11.1 Å². The second-order valence-corrected chi connectivity index (χ2v) is 6.57. The Labute approximate surface area is 143 Å². The Hall–Kier alpha value is -2.43. The molecule has 5 heteroatoms. The van der Waals surface area contributed by atoms with E-state index >= 15 is 0 Å². The van der Waals surface area contributed by atoms with Crippen molar-refractivity contribution >= 4 is 11.6 Å². The quantitative estimate of drug-likeness (QED) is 0.710. The van der Waals surface area contributed by atoms with Crippen molar-refractivity contribution in [2.24, 2.45) is 0 Å². The molecular formula is C20H17F3O2. The normalized spacial score (nSPS) is 16.3. The lowest BCUT2D eigenvalue weighted by atomic mass is 9.82. The van der Waals surface area contributed by atoms with Crippen LogP contribution in [0.4, 0.5) is 13.2 Å². The largest absolute Gasteiger partial charge is 0.416 e. The van der Waals surface area contributed by atoms with Crippen molar-refractivity contribution in [3.63, 3.8) is 0 Å². The van der Waals surface area contributed by atoms with Gasteiger partial charge in [-0.05, 0) is 47.2 Å². The van der Waals surface area contributed by atoms with Crippen LogP contribution in [0.5, 0.6) is 0 Å². The van der Waals surface area contributed by atoms with Gasteiger partial charge in [-0.3, -0.25) is 9.59 Å². The van der Waals surface area contributed by atoms with Gasteiger partial charge in [0.25, 0.3) is 0 Å². The molecule has 2 aromatic carbocycles. The maximum Gasteiger partial charge on any atom is 0.416 e. The average Bonchev–Trinajstić information content (AvgIpc) is 2.53. The minimum absolute atomic E-state index is 0.0109. The molecule has 0 bridgehead atoms. The zero-order chi connectivity index (χ0) is 18.2. The number of rotatable bonds is 2. The van der Waals surface area contributed by atoms with Crippen LogP contribution >= 0.6 is 0 Å². The number of benzene rings is 2. The summed E-state index contributed by atoms with van der Waals surface area (Å²) in [5.41, 5.74) is 1.78. The number of carbonyl (C=O) groups excluding carboxylic acids is 2. The van der Waals surface area contributed by atoms with E-state index in [9.17, 15) is 22.8 Å². The highest BCUT2D eigenvalue weighted by atomic mass is 19.4. The molecule has 0 aliphatic heterocycles. The van der Waals surface area contributed by atoms with Crippen LogP contribution in [-0.2, 0) is 15.8 Å². The summed E-state index contributed by atoms with van der Waals surface area (Å²) in [5, 5.41) is 0. The summed E-state index contributed by atoms with van der Waals surface area (Å²) in [5.74, 6) is -0.358. The molecule has 0 aromatic heterocycles. The lowest BCUT2D eigenvalue weighted by Crippen LogP contribution is -2.21. The molecule has 1 aliphatic rings. The Bertz CT molecular complexity index is 821. The van der Waals surface area contributed by atoms with Gasteiger partial charge in [-0.1, -0.05) is 30.3 Å². The first-order valence-corrected chi connectivity index (χ1v) is 8.05. The summed E-state index contributed by atoms with van der Waals surface area (Å²) >= 11 is 0. The molecule has 1 saturated carbocycles. The second-order valence-electron chi connectivity index (χ2n) is 6.57. The van der Waals surface area contributed by atoms with Gasteiger partial charge in [-0.2, -0.15) is 13.2 Å². The van der Waals surface area contributed by atoms with Gasteiger partial charge in [0.1, 0.15) is 11.6 Å². The second kappa shape index (κ2) is 6.47. The molecule has 0 radical (unpaired) electrons. The molecule has 1 aliphatic carbocycles.